The van der Waals surface area contributed by atoms with E-state index in [1.165, 1.54) is 0 Å². The molecule has 1 radical (unpaired) electrons. The standard InChI is InChI=1S/C13H20N4/c1-5-7-17(6-2)11(4)15-9-13(17)12-8-14-10(3)16-12/h8H,5-7H2,1-4H3,(H,14,16)/q+1. The highest BCUT2D eigenvalue weighted by molar-refractivity contribution is 5.82. The highest BCUT2D eigenvalue weighted by Gasteiger charge is 2.40. The zero-order valence-electron chi connectivity index (χ0n) is 11.0. The van der Waals surface area contributed by atoms with E-state index in [1.807, 2.05) is 13.1 Å². The van der Waals surface area contributed by atoms with Gasteiger partial charge in [-0.05, 0) is 20.3 Å². The summed E-state index contributed by atoms with van der Waals surface area (Å²) in [4.78, 5) is 12.0. The van der Waals surface area contributed by atoms with E-state index in [1.54, 1.807) is 0 Å². The first kappa shape index (κ1) is 12.0. The van der Waals surface area contributed by atoms with Crippen molar-refractivity contribution in [2.24, 2.45) is 4.99 Å². The Morgan fingerprint density at radius 2 is 2.12 bits per heavy atom. The molecule has 1 aromatic heterocycles. The highest BCUT2D eigenvalue weighted by Crippen LogP contribution is 2.32. The van der Waals surface area contributed by atoms with Crippen molar-refractivity contribution in [2.45, 2.75) is 34.1 Å². The number of nitrogens with zero attached hydrogens (tertiary/aromatic N) is 3. The van der Waals surface area contributed by atoms with Crippen LogP contribution in [-0.2, 0) is 0 Å². The summed E-state index contributed by atoms with van der Waals surface area (Å²) in [6, 6.07) is 0. The number of aromatic amines is 1. The first-order chi connectivity index (χ1) is 8.14. The van der Waals surface area contributed by atoms with Crippen molar-refractivity contribution in [3.05, 3.63) is 23.9 Å². The molecule has 1 atom stereocenters. The monoisotopic (exact) mass is 232 g/mol. The summed E-state index contributed by atoms with van der Waals surface area (Å²) >= 11 is 0. The van der Waals surface area contributed by atoms with E-state index in [2.05, 4.69) is 41.9 Å². The van der Waals surface area contributed by atoms with Crippen LogP contribution in [-0.4, -0.2) is 33.4 Å². The SMILES string of the molecule is CCC[N+]1(CC)C(c2c[nH]c(C)n2)=[C]N=C1C. The summed E-state index contributed by atoms with van der Waals surface area (Å²) in [7, 11) is 0. The lowest BCUT2D eigenvalue weighted by atomic mass is 10.2. The van der Waals surface area contributed by atoms with Gasteiger partial charge in [0.15, 0.2) is 11.9 Å². The van der Waals surface area contributed by atoms with Crippen molar-refractivity contribution < 1.29 is 4.48 Å². The molecule has 0 amide bonds. The molecular weight excluding hydrogens is 212 g/mol. The van der Waals surface area contributed by atoms with Crippen LogP contribution in [0.4, 0.5) is 0 Å². The van der Waals surface area contributed by atoms with Gasteiger partial charge in [0.05, 0.1) is 13.1 Å². The van der Waals surface area contributed by atoms with E-state index in [4.69, 9.17) is 0 Å². The number of amidine groups is 1. The number of rotatable bonds is 4. The maximum Gasteiger partial charge on any atom is 0.205 e. The molecule has 4 nitrogen and oxygen atoms in total. The summed E-state index contributed by atoms with van der Waals surface area (Å²) in [5.74, 6) is 2.05. The van der Waals surface area contributed by atoms with Gasteiger partial charge in [0.1, 0.15) is 11.5 Å². The van der Waals surface area contributed by atoms with Crippen molar-refractivity contribution >= 4 is 11.5 Å². The number of hydrogen-bond acceptors (Lipinski definition) is 2. The fraction of sp³-hybridized carbons (Fsp3) is 0.538. The van der Waals surface area contributed by atoms with E-state index in [0.29, 0.717) is 0 Å². The number of imidazole rings is 1. The summed E-state index contributed by atoms with van der Waals surface area (Å²) in [6.45, 7) is 10.5. The van der Waals surface area contributed by atoms with Crippen molar-refractivity contribution in [1.29, 1.82) is 0 Å². The first-order valence-electron chi connectivity index (χ1n) is 6.22. The van der Waals surface area contributed by atoms with Crippen LogP contribution in [0.15, 0.2) is 11.2 Å². The van der Waals surface area contributed by atoms with Crippen molar-refractivity contribution in [3.8, 4) is 0 Å². The zero-order valence-corrected chi connectivity index (χ0v) is 11.0. The molecule has 1 aliphatic heterocycles. The molecule has 2 rings (SSSR count). The van der Waals surface area contributed by atoms with Crippen LogP contribution in [0.25, 0.3) is 5.70 Å². The molecule has 17 heavy (non-hydrogen) atoms. The van der Waals surface area contributed by atoms with Crippen LogP contribution in [0, 0.1) is 13.1 Å². The lowest BCUT2D eigenvalue weighted by Crippen LogP contribution is -2.48. The molecule has 0 saturated heterocycles. The average Bonchev–Trinajstić information content (AvgIpc) is 2.85. The number of aliphatic imine (C=N–C) groups is 1. The van der Waals surface area contributed by atoms with Gasteiger partial charge in [0.2, 0.25) is 5.84 Å². The van der Waals surface area contributed by atoms with E-state index in [0.717, 1.165) is 47.0 Å². The average molecular weight is 232 g/mol. The normalized spacial score (nSPS) is 23.8. The van der Waals surface area contributed by atoms with Crippen LogP contribution in [0.1, 0.15) is 38.7 Å². The predicted molar refractivity (Wildman–Crippen MR) is 69.0 cm³/mol. The van der Waals surface area contributed by atoms with Crippen LogP contribution in [0.3, 0.4) is 0 Å². The molecule has 91 valence electrons. The quantitative estimate of drug-likeness (QED) is 0.796. The second-order valence-electron chi connectivity index (χ2n) is 4.50. The Morgan fingerprint density at radius 3 is 2.65 bits per heavy atom. The largest absolute Gasteiger partial charge is 0.348 e. The minimum absolute atomic E-state index is 0.792. The Bertz CT molecular complexity index is 470. The number of quaternary nitrogens is 1. The van der Waals surface area contributed by atoms with E-state index < -0.39 is 0 Å². The van der Waals surface area contributed by atoms with E-state index in [-0.39, 0.29) is 0 Å². The maximum absolute atomic E-state index is 4.51. The fourth-order valence-electron chi connectivity index (χ4n) is 2.50. The Kier molecular flexibility index (Phi) is 3.15. The van der Waals surface area contributed by atoms with Gasteiger partial charge in [0, 0.05) is 13.1 Å². The van der Waals surface area contributed by atoms with Gasteiger partial charge in [-0.1, -0.05) is 6.92 Å². The van der Waals surface area contributed by atoms with Gasteiger partial charge in [-0.15, -0.1) is 0 Å². The van der Waals surface area contributed by atoms with Crippen molar-refractivity contribution in [2.75, 3.05) is 13.1 Å². The second kappa shape index (κ2) is 4.45. The number of H-pyrrole nitrogens is 1. The Balaban J connectivity index is 2.41. The van der Waals surface area contributed by atoms with Crippen LogP contribution >= 0.6 is 0 Å². The third kappa shape index (κ3) is 1.82. The summed E-state index contributed by atoms with van der Waals surface area (Å²) < 4.78 is 0.792. The van der Waals surface area contributed by atoms with E-state index >= 15 is 0 Å². The molecule has 0 aliphatic carbocycles. The summed E-state index contributed by atoms with van der Waals surface area (Å²) in [6.07, 6.45) is 6.23. The third-order valence-electron chi connectivity index (χ3n) is 3.46. The number of nitrogens with one attached hydrogen (secondary N) is 1. The Hall–Kier alpha value is -1.42. The molecule has 1 unspecified atom stereocenters. The lowest BCUT2D eigenvalue weighted by molar-refractivity contribution is -0.764. The molecule has 4 heteroatoms. The van der Waals surface area contributed by atoms with Crippen LogP contribution < -0.4 is 0 Å². The summed E-state index contributed by atoms with van der Waals surface area (Å²) in [5, 5.41) is 0. The van der Waals surface area contributed by atoms with Crippen molar-refractivity contribution in [1.82, 2.24) is 9.97 Å². The predicted octanol–water partition coefficient (Wildman–Crippen LogP) is 2.50. The molecule has 2 heterocycles. The minimum Gasteiger partial charge on any atom is -0.348 e. The molecule has 0 saturated carbocycles. The molecule has 0 spiro atoms. The Morgan fingerprint density at radius 1 is 1.35 bits per heavy atom. The maximum atomic E-state index is 4.51. The molecule has 0 aromatic carbocycles. The molecule has 1 aromatic rings. The van der Waals surface area contributed by atoms with Crippen LogP contribution in [0.2, 0.25) is 0 Å². The van der Waals surface area contributed by atoms with Gasteiger partial charge in [-0.25, -0.2) is 9.47 Å². The minimum atomic E-state index is 0.792. The van der Waals surface area contributed by atoms with Gasteiger partial charge in [-0.3, -0.25) is 0 Å². The number of hydrogen-bond donors (Lipinski definition) is 1. The second-order valence-corrected chi connectivity index (χ2v) is 4.50. The molecule has 0 bridgehead atoms. The number of aromatic nitrogens is 2. The van der Waals surface area contributed by atoms with E-state index in [9.17, 15) is 0 Å². The molecule has 1 aliphatic rings. The molecule has 0 fully saturated rings. The van der Waals surface area contributed by atoms with Gasteiger partial charge in [-0.2, -0.15) is 4.99 Å². The van der Waals surface area contributed by atoms with Gasteiger partial charge >= 0.3 is 0 Å². The number of aryl methyl sites for hydroxylation is 1. The first-order valence-corrected chi connectivity index (χ1v) is 6.22. The molecule has 1 N–H and O–H groups in total. The molecular formula is C13H20N4+. The zero-order chi connectivity index (χ0) is 12.5. The third-order valence-corrected chi connectivity index (χ3v) is 3.46. The smallest absolute Gasteiger partial charge is 0.205 e. The van der Waals surface area contributed by atoms with Gasteiger partial charge < -0.3 is 4.98 Å². The topological polar surface area (TPSA) is 41.0 Å². The van der Waals surface area contributed by atoms with Crippen LogP contribution in [0.5, 0.6) is 0 Å². The van der Waals surface area contributed by atoms with Crippen molar-refractivity contribution in [3.63, 3.8) is 0 Å². The Labute approximate surface area is 103 Å². The highest BCUT2D eigenvalue weighted by atomic mass is 15.4. The lowest BCUT2D eigenvalue weighted by Gasteiger charge is -2.33. The fourth-order valence-corrected chi connectivity index (χ4v) is 2.50. The summed E-state index contributed by atoms with van der Waals surface area (Å²) in [5.41, 5.74) is 2.06. The van der Waals surface area contributed by atoms with Gasteiger partial charge in [0.25, 0.3) is 0 Å².